The Balaban J connectivity index is 1.39. The van der Waals surface area contributed by atoms with Gasteiger partial charge in [-0.05, 0) is 49.2 Å². The molecule has 2 heterocycles. The number of carbonyl (C=O) groups excluding carboxylic acids is 2. The molecule has 0 saturated carbocycles. The van der Waals surface area contributed by atoms with Crippen molar-refractivity contribution in [3.05, 3.63) is 89.7 Å². The lowest BCUT2D eigenvalue weighted by molar-refractivity contribution is 0.101. The molecule has 3 N–H and O–H groups in total. The van der Waals surface area contributed by atoms with Gasteiger partial charge in [-0.25, -0.2) is 4.98 Å². The maximum atomic E-state index is 12.6. The number of aromatic nitrogens is 2. The van der Waals surface area contributed by atoms with Crippen LogP contribution in [0.3, 0.4) is 0 Å². The summed E-state index contributed by atoms with van der Waals surface area (Å²) in [5.41, 5.74) is 3.99. The fourth-order valence-electron chi connectivity index (χ4n) is 3.35. The summed E-state index contributed by atoms with van der Waals surface area (Å²) < 4.78 is 0. The van der Waals surface area contributed by atoms with Gasteiger partial charge < -0.3 is 15.6 Å². The van der Waals surface area contributed by atoms with Gasteiger partial charge in [-0.2, -0.15) is 0 Å². The van der Waals surface area contributed by atoms with Crippen LogP contribution in [-0.2, 0) is 6.42 Å². The molecule has 30 heavy (non-hydrogen) atoms. The number of hydrogen-bond donors (Lipinski definition) is 3. The van der Waals surface area contributed by atoms with Crippen molar-refractivity contribution >= 4 is 34.1 Å². The van der Waals surface area contributed by atoms with Gasteiger partial charge in [0, 0.05) is 46.7 Å². The third-order valence-electron chi connectivity index (χ3n) is 4.92. The molecule has 150 valence electrons. The highest BCUT2D eigenvalue weighted by Gasteiger charge is 2.09. The van der Waals surface area contributed by atoms with Crippen molar-refractivity contribution < 1.29 is 9.59 Å². The third kappa shape index (κ3) is 4.38. The van der Waals surface area contributed by atoms with Crippen LogP contribution >= 0.6 is 0 Å². The van der Waals surface area contributed by atoms with Crippen LogP contribution in [0.25, 0.3) is 10.9 Å². The van der Waals surface area contributed by atoms with Crippen molar-refractivity contribution in [2.24, 2.45) is 0 Å². The molecule has 0 aliphatic heterocycles. The minimum Gasteiger partial charge on any atom is -0.370 e. The molecule has 0 aliphatic rings. The number of pyridine rings is 1. The van der Waals surface area contributed by atoms with Gasteiger partial charge >= 0.3 is 0 Å². The molecule has 0 spiro atoms. The van der Waals surface area contributed by atoms with E-state index in [2.05, 4.69) is 32.7 Å². The quantitative estimate of drug-likeness (QED) is 0.395. The lowest BCUT2D eigenvalue weighted by atomic mass is 10.1. The van der Waals surface area contributed by atoms with E-state index in [1.54, 1.807) is 42.6 Å². The first-order chi connectivity index (χ1) is 14.6. The number of nitrogens with one attached hydrogen (secondary N) is 3. The van der Waals surface area contributed by atoms with Crippen molar-refractivity contribution in [2.75, 3.05) is 17.2 Å². The van der Waals surface area contributed by atoms with Crippen LogP contribution in [0.15, 0.2) is 73.1 Å². The zero-order valence-electron chi connectivity index (χ0n) is 16.6. The van der Waals surface area contributed by atoms with Crippen LogP contribution in [0.5, 0.6) is 0 Å². The van der Waals surface area contributed by atoms with E-state index in [9.17, 15) is 9.59 Å². The van der Waals surface area contributed by atoms with Gasteiger partial charge in [0.25, 0.3) is 5.91 Å². The Labute approximate surface area is 174 Å². The molecule has 6 nitrogen and oxygen atoms in total. The summed E-state index contributed by atoms with van der Waals surface area (Å²) in [6, 6.07) is 18.5. The van der Waals surface area contributed by atoms with Crippen LogP contribution < -0.4 is 10.6 Å². The van der Waals surface area contributed by atoms with Crippen LogP contribution in [-0.4, -0.2) is 28.2 Å². The van der Waals surface area contributed by atoms with Crippen molar-refractivity contribution in [3.63, 3.8) is 0 Å². The van der Waals surface area contributed by atoms with Crippen LogP contribution in [0.2, 0.25) is 0 Å². The number of anilines is 2. The van der Waals surface area contributed by atoms with E-state index in [0.29, 0.717) is 29.2 Å². The Morgan fingerprint density at radius 3 is 2.73 bits per heavy atom. The predicted molar refractivity (Wildman–Crippen MR) is 119 cm³/mol. The molecule has 0 aliphatic carbocycles. The van der Waals surface area contributed by atoms with Gasteiger partial charge in [0.1, 0.15) is 5.82 Å². The molecule has 1 amide bonds. The lowest BCUT2D eigenvalue weighted by Crippen LogP contribution is -2.13. The number of nitrogens with zero attached hydrogens (tertiary/aromatic N) is 1. The van der Waals surface area contributed by atoms with Gasteiger partial charge in [-0.15, -0.1) is 0 Å². The van der Waals surface area contributed by atoms with Crippen molar-refractivity contribution in [2.45, 2.75) is 13.3 Å². The average molecular weight is 398 g/mol. The molecule has 0 radical (unpaired) electrons. The molecular weight excluding hydrogens is 376 g/mol. The van der Waals surface area contributed by atoms with E-state index in [0.717, 1.165) is 11.9 Å². The molecule has 0 atom stereocenters. The van der Waals surface area contributed by atoms with E-state index in [-0.39, 0.29) is 11.7 Å². The van der Waals surface area contributed by atoms with Crippen LogP contribution in [0.1, 0.15) is 33.2 Å². The van der Waals surface area contributed by atoms with Crippen molar-refractivity contribution in [1.82, 2.24) is 9.97 Å². The van der Waals surface area contributed by atoms with Crippen LogP contribution in [0.4, 0.5) is 11.5 Å². The van der Waals surface area contributed by atoms with Gasteiger partial charge in [-0.3, -0.25) is 9.59 Å². The van der Waals surface area contributed by atoms with Gasteiger partial charge in [0.15, 0.2) is 5.78 Å². The molecular formula is C24H22N4O2. The number of benzene rings is 2. The summed E-state index contributed by atoms with van der Waals surface area (Å²) in [5.74, 6) is 0.342. The third-order valence-corrected chi connectivity index (χ3v) is 4.92. The highest BCUT2D eigenvalue weighted by Crippen LogP contribution is 2.18. The number of amides is 1. The molecule has 0 unspecified atom stereocenters. The largest absolute Gasteiger partial charge is 0.370 e. The summed E-state index contributed by atoms with van der Waals surface area (Å²) in [4.78, 5) is 31.7. The normalized spacial score (nSPS) is 10.7. The Bertz CT molecular complexity index is 1210. The summed E-state index contributed by atoms with van der Waals surface area (Å²) in [5, 5.41) is 7.33. The van der Waals surface area contributed by atoms with E-state index in [1.165, 1.54) is 17.9 Å². The Kier molecular flexibility index (Phi) is 5.57. The first-order valence-corrected chi connectivity index (χ1v) is 9.77. The molecule has 4 aromatic rings. The topological polar surface area (TPSA) is 86.9 Å². The number of rotatable bonds is 7. The second-order valence-electron chi connectivity index (χ2n) is 7.06. The smallest absolute Gasteiger partial charge is 0.255 e. The number of Topliss-reactive ketones (excluding diaryl/α,β-unsaturated/α-hetero) is 1. The zero-order valence-corrected chi connectivity index (χ0v) is 16.6. The molecule has 2 aromatic carbocycles. The highest BCUT2D eigenvalue weighted by molar-refractivity contribution is 6.05. The fraction of sp³-hybridized carbons (Fsp3) is 0.125. The van der Waals surface area contributed by atoms with Gasteiger partial charge in [0.05, 0.1) is 0 Å². The van der Waals surface area contributed by atoms with E-state index < -0.39 is 0 Å². The number of para-hydroxylation sites is 1. The van der Waals surface area contributed by atoms with Gasteiger partial charge in [-0.1, -0.05) is 30.3 Å². The monoisotopic (exact) mass is 398 g/mol. The standard InChI is InChI=1S/C24H22N4O2/c1-16(29)17-5-4-6-20(13-17)28-24(30)18-9-11-25-23(14-18)26-12-10-19-15-27-22-8-3-2-7-21(19)22/h2-9,11,13-15,27H,10,12H2,1H3,(H,25,26)(H,28,30). The lowest BCUT2D eigenvalue weighted by Gasteiger charge is -2.09. The number of ketones is 1. The second-order valence-corrected chi connectivity index (χ2v) is 7.06. The Morgan fingerprint density at radius 2 is 1.87 bits per heavy atom. The summed E-state index contributed by atoms with van der Waals surface area (Å²) >= 11 is 0. The van der Waals surface area contributed by atoms with E-state index >= 15 is 0 Å². The molecule has 4 rings (SSSR count). The molecule has 0 saturated heterocycles. The maximum absolute atomic E-state index is 12.6. The SMILES string of the molecule is CC(=O)c1cccc(NC(=O)c2ccnc(NCCc3c[nH]c4ccccc34)c2)c1. The zero-order chi connectivity index (χ0) is 20.9. The van der Waals surface area contributed by atoms with Crippen molar-refractivity contribution in [1.29, 1.82) is 0 Å². The van der Waals surface area contributed by atoms with Crippen molar-refractivity contribution in [3.8, 4) is 0 Å². The molecule has 6 heteroatoms. The summed E-state index contributed by atoms with van der Waals surface area (Å²) in [6.45, 7) is 2.19. The first-order valence-electron chi connectivity index (χ1n) is 9.77. The summed E-state index contributed by atoms with van der Waals surface area (Å²) in [6.07, 6.45) is 4.47. The Hall–Kier alpha value is -3.93. The first kappa shape index (κ1) is 19.4. The minimum absolute atomic E-state index is 0.0447. The second kappa shape index (κ2) is 8.61. The van der Waals surface area contributed by atoms with Crippen LogP contribution in [0, 0.1) is 0 Å². The highest BCUT2D eigenvalue weighted by atomic mass is 16.1. The number of fused-ring (bicyclic) bond motifs is 1. The maximum Gasteiger partial charge on any atom is 0.255 e. The number of hydrogen-bond acceptors (Lipinski definition) is 4. The molecule has 2 aromatic heterocycles. The predicted octanol–water partition coefficient (Wildman–Crippen LogP) is 4.67. The average Bonchev–Trinajstić information content (AvgIpc) is 3.17. The number of H-pyrrole nitrogens is 1. The number of carbonyl (C=O) groups is 2. The molecule has 0 bridgehead atoms. The van der Waals surface area contributed by atoms with E-state index in [4.69, 9.17) is 0 Å². The summed E-state index contributed by atoms with van der Waals surface area (Å²) in [7, 11) is 0. The number of aromatic amines is 1. The minimum atomic E-state index is -0.252. The molecule has 0 fully saturated rings. The van der Waals surface area contributed by atoms with Gasteiger partial charge in [0.2, 0.25) is 0 Å². The fourth-order valence-corrected chi connectivity index (χ4v) is 3.35. The van der Waals surface area contributed by atoms with E-state index in [1.807, 2.05) is 18.3 Å². The Morgan fingerprint density at radius 1 is 1.00 bits per heavy atom.